The highest BCUT2D eigenvalue weighted by Gasteiger charge is 2.40. The van der Waals surface area contributed by atoms with Crippen molar-refractivity contribution in [2.24, 2.45) is 0 Å². The molecule has 11 rings (SSSR count). The van der Waals surface area contributed by atoms with E-state index in [0.717, 1.165) is 40.6 Å². The molecule has 25 heteroatoms. The Hall–Kier alpha value is -6.06. The van der Waals surface area contributed by atoms with Gasteiger partial charge in [0.05, 0.1) is 60.4 Å². The first-order valence-corrected chi connectivity index (χ1v) is 55.4. The molecule has 0 aliphatic carbocycles. The quantitative estimate of drug-likeness (QED) is 0.0636. The number of alkyl halides is 3. The van der Waals surface area contributed by atoms with Crippen molar-refractivity contribution in [1.82, 2.24) is 35.6 Å². The lowest BCUT2D eigenvalue weighted by Gasteiger charge is -2.34. The van der Waals surface area contributed by atoms with Gasteiger partial charge < -0.3 is 40.3 Å². The van der Waals surface area contributed by atoms with Gasteiger partial charge in [0.2, 0.25) is 0 Å². The van der Waals surface area contributed by atoms with Gasteiger partial charge in [-0.3, -0.25) is 33.6 Å². The molecule has 11 heterocycles. The molecular weight excluding hydrogens is 1850 g/mol. The Labute approximate surface area is 856 Å². The molecule has 4 aliphatic rings. The molecule has 776 valence electrons. The molecule has 4 fully saturated rings. The summed E-state index contributed by atoms with van der Waals surface area (Å²) in [5.41, 5.74) is 4.94. The molecule has 0 spiro atoms. The van der Waals surface area contributed by atoms with Crippen molar-refractivity contribution in [2.75, 3.05) is 65.6 Å². The fourth-order valence-corrected chi connectivity index (χ4v) is 25.0. The fourth-order valence-electron chi connectivity index (χ4n) is 16.2. The summed E-state index contributed by atoms with van der Waals surface area (Å²) in [6, 6.07) is 14.4. The van der Waals surface area contributed by atoms with Crippen LogP contribution in [0.25, 0.3) is 0 Å². The number of likely N-dealkylation sites (tertiary alicyclic amines) is 3. The van der Waals surface area contributed by atoms with Gasteiger partial charge in [0, 0.05) is 96.4 Å². The van der Waals surface area contributed by atoms with Gasteiger partial charge in [-0.15, -0.1) is 79.4 Å². The van der Waals surface area contributed by atoms with Gasteiger partial charge in [0.25, 0.3) is 41.4 Å². The van der Waals surface area contributed by atoms with Crippen molar-refractivity contribution in [2.45, 2.75) is 440 Å². The molecule has 137 heavy (non-hydrogen) atoms. The Morgan fingerprint density at radius 2 is 0.460 bits per heavy atom. The SMILES string of the molecule is C.C.CC(C)c1cc(C(=O)N2CCC(C)(F)C2)sc1C(C)C.CC(C)c1cc(C(=O)N2CCC(C)(F)CC2)sc1C(C)C.CC(C)c1cc(C(=O)N2CCCC(C)(F)C2)sc1C(C)C.CC(C)c1cc(C(=O)N2CCOCC2)sc1C(C)C.CC(C)c1cc(C(=O)NC(C)(C)C)sc1C(C)C.CC(C)c1cc(C(=O)NC(C)(C)C)sc1C(C)C.CC(C)c1cc(C(=O)NC(C)(C)C)sc1C(C)C. The Bertz CT molecular complexity index is 4600. The van der Waals surface area contributed by atoms with Crippen LogP contribution in [0.1, 0.15) is 548 Å². The molecule has 2 unspecified atom stereocenters. The summed E-state index contributed by atoms with van der Waals surface area (Å²) >= 11 is 11.3. The summed E-state index contributed by atoms with van der Waals surface area (Å²) < 4.78 is 47.2. The largest absolute Gasteiger partial charge is 0.378 e. The third-order valence-corrected chi connectivity index (χ3v) is 33.7. The third-order valence-electron chi connectivity index (χ3n) is 23.6. The highest BCUT2D eigenvalue weighted by atomic mass is 32.1. The molecule has 3 N–H and O–H groups in total. The maximum atomic E-state index is 14.1. The summed E-state index contributed by atoms with van der Waals surface area (Å²) in [6.45, 7) is 89.1. The van der Waals surface area contributed by atoms with Crippen molar-refractivity contribution >= 4 is 121 Å². The van der Waals surface area contributed by atoms with Crippen LogP contribution >= 0.6 is 79.4 Å². The number of ether oxygens (including phenoxy) is 1. The van der Waals surface area contributed by atoms with Crippen molar-refractivity contribution in [1.29, 1.82) is 0 Å². The minimum atomic E-state index is -1.24. The number of rotatable bonds is 21. The highest BCUT2D eigenvalue weighted by Crippen LogP contribution is 2.44. The first kappa shape index (κ1) is 125. The lowest BCUT2D eigenvalue weighted by Crippen LogP contribution is -2.46. The van der Waals surface area contributed by atoms with Gasteiger partial charge in [-0.05, 0) is 273 Å². The van der Waals surface area contributed by atoms with E-state index in [2.05, 4.69) is 240 Å². The minimum absolute atomic E-state index is 0. The standard InChI is InChI=1S/2C17H26FNOS.C16H24FNOS.C15H23NO2S.3C15H25NOS.2CH4/c1-11(2)13-10-14(21-15(13)12(3)4)16(20)19-8-6-17(5,18)7-9-19;1-11(2)13-9-14(21-15(13)12(3)4)16(20)19-8-6-7-17(5,18)10-19;1-10(2)12-8-13(20-14(12)11(3)4)15(19)18-7-6-16(5,17)9-18;1-10(2)12-9-13(19-14(12)11(3)4)15(17)16-5-7-18-8-6-16;3*1-9(2)11-8-12(18-13(11)10(3)4)14(17)16-15(5,6)7;;/h10-12H,6-9H2,1-5H3;9,11-12H,6-8,10H2,1-5H3;8,10-11H,6-7,9H2,1-5H3;9-11H,5-8H2,1-4H3;3*8-10H,1-7H3,(H,16,17);2*1H4. The molecular formula is C112H182F3N7O8S7. The van der Waals surface area contributed by atoms with Crippen molar-refractivity contribution in [3.8, 4) is 0 Å². The molecule has 15 nitrogen and oxygen atoms in total. The topological polar surface area (TPSA) is 178 Å². The first-order valence-electron chi connectivity index (χ1n) is 49.7. The molecule has 4 saturated heterocycles. The third kappa shape index (κ3) is 38.2. The van der Waals surface area contributed by atoms with Crippen LogP contribution in [-0.4, -0.2) is 160 Å². The van der Waals surface area contributed by atoms with E-state index in [0.29, 0.717) is 161 Å². The van der Waals surface area contributed by atoms with E-state index < -0.39 is 17.0 Å². The average Bonchev–Trinajstić information content (AvgIpc) is 1.66. The summed E-state index contributed by atoms with van der Waals surface area (Å²) in [4.78, 5) is 109. The van der Waals surface area contributed by atoms with E-state index in [1.54, 1.807) is 115 Å². The summed E-state index contributed by atoms with van der Waals surface area (Å²) in [5.74, 6) is 6.66. The number of nitrogens with zero attached hydrogens (tertiary/aromatic N) is 4. The number of carbonyl (C=O) groups is 7. The second kappa shape index (κ2) is 53.5. The molecule has 0 radical (unpaired) electrons. The minimum Gasteiger partial charge on any atom is -0.378 e. The molecule has 4 aliphatic heterocycles. The number of piperidine rings is 2. The average molecular weight is 2040 g/mol. The zero-order valence-corrected chi connectivity index (χ0v) is 96.0. The molecule has 7 aromatic rings. The van der Waals surface area contributed by atoms with Gasteiger partial charge in [-0.2, -0.15) is 0 Å². The van der Waals surface area contributed by atoms with Gasteiger partial charge >= 0.3 is 0 Å². The Morgan fingerprint density at radius 3 is 0.650 bits per heavy atom. The fraction of sp³-hybridized carbons (Fsp3) is 0.688. The summed E-state index contributed by atoms with van der Waals surface area (Å²) in [6.07, 6.45) is 2.63. The van der Waals surface area contributed by atoms with Crippen LogP contribution < -0.4 is 16.0 Å². The van der Waals surface area contributed by atoms with Crippen LogP contribution in [0.15, 0.2) is 42.5 Å². The lowest BCUT2D eigenvalue weighted by atomic mass is 9.95. The van der Waals surface area contributed by atoms with Gasteiger partial charge in [0.15, 0.2) is 0 Å². The normalized spacial score (nSPS) is 16.9. The van der Waals surface area contributed by atoms with E-state index in [1.807, 2.05) is 79.3 Å². The molecule has 0 saturated carbocycles. The predicted octanol–water partition coefficient (Wildman–Crippen LogP) is 32.8. The smallest absolute Gasteiger partial charge is 0.264 e. The van der Waals surface area contributed by atoms with Crippen molar-refractivity contribution < 1.29 is 51.5 Å². The van der Waals surface area contributed by atoms with E-state index >= 15 is 0 Å². The zero-order chi connectivity index (χ0) is 103. The number of hydrogen-bond donors (Lipinski definition) is 3. The van der Waals surface area contributed by atoms with Crippen LogP contribution in [0.3, 0.4) is 0 Å². The Balaban J connectivity index is 0.000000411. The summed E-state index contributed by atoms with van der Waals surface area (Å²) in [7, 11) is 0. The molecule has 7 aromatic heterocycles. The predicted molar refractivity (Wildman–Crippen MR) is 589 cm³/mol. The van der Waals surface area contributed by atoms with Crippen molar-refractivity contribution in [3.05, 3.63) is 150 Å². The van der Waals surface area contributed by atoms with Crippen LogP contribution in [0.5, 0.6) is 0 Å². The number of halogens is 3. The Kier molecular flexibility index (Phi) is 48.9. The number of morpholine rings is 1. The number of carbonyl (C=O) groups excluding carboxylic acids is 7. The van der Waals surface area contributed by atoms with E-state index in [4.69, 9.17) is 4.74 Å². The number of nitrogens with one attached hydrogen (secondary N) is 3. The maximum absolute atomic E-state index is 14.1. The van der Waals surface area contributed by atoms with Crippen molar-refractivity contribution in [3.63, 3.8) is 0 Å². The second-order valence-electron chi connectivity index (χ2n) is 45.5. The van der Waals surface area contributed by atoms with Gasteiger partial charge in [0.1, 0.15) is 17.0 Å². The number of amides is 7. The van der Waals surface area contributed by atoms with E-state index in [-0.39, 0.29) is 85.9 Å². The lowest BCUT2D eigenvalue weighted by molar-refractivity contribution is 0.0306. The number of hydrogen-bond acceptors (Lipinski definition) is 15. The Morgan fingerprint density at radius 1 is 0.277 bits per heavy atom. The van der Waals surface area contributed by atoms with E-state index in [9.17, 15) is 46.7 Å². The molecule has 0 bridgehead atoms. The summed E-state index contributed by atoms with van der Waals surface area (Å²) in [5, 5.41) is 9.08. The molecule has 0 aromatic carbocycles. The number of thiophene rings is 7. The van der Waals surface area contributed by atoms with Crippen LogP contribution in [-0.2, 0) is 4.74 Å². The van der Waals surface area contributed by atoms with Crippen LogP contribution in [0, 0.1) is 0 Å². The maximum Gasteiger partial charge on any atom is 0.264 e. The van der Waals surface area contributed by atoms with E-state index in [1.165, 1.54) is 73.1 Å². The second-order valence-corrected chi connectivity index (χ2v) is 53.1. The zero-order valence-electron chi connectivity index (χ0n) is 90.3. The first-order chi connectivity index (χ1) is 62.0. The van der Waals surface area contributed by atoms with Crippen LogP contribution in [0.4, 0.5) is 13.2 Å². The van der Waals surface area contributed by atoms with Crippen LogP contribution in [0.2, 0.25) is 0 Å². The highest BCUT2D eigenvalue weighted by molar-refractivity contribution is 7.16. The monoisotopic (exact) mass is 2030 g/mol. The molecule has 7 amide bonds. The van der Waals surface area contributed by atoms with Gasteiger partial charge in [-0.25, -0.2) is 13.2 Å². The molecule has 2 atom stereocenters. The van der Waals surface area contributed by atoms with Gasteiger partial charge in [-0.1, -0.05) is 209 Å².